The van der Waals surface area contributed by atoms with Gasteiger partial charge in [0.15, 0.2) is 0 Å². The van der Waals surface area contributed by atoms with E-state index >= 15 is 0 Å². The summed E-state index contributed by atoms with van der Waals surface area (Å²) in [7, 11) is -1.77. The van der Waals surface area contributed by atoms with Crippen LogP contribution in [0.5, 0.6) is 5.75 Å². The highest BCUT2D eigenvalue weighted by atomic mass is 32.2. The Morgan fingerprint density at radius 2 is 1.86 bits per heavy atom. The summed E-state index contributed by atoms with van der Waals surface area (Å²) in [5.74, 6) is 0.683. The average molecular weight is 314 g/mol. The molecule has 0 saturated carbocycles. The van der Waals surface area contributed by atoms with Gasteiger partial charge < -0.3 is 10.1 Å². The Kier molecular flexibility index (Phi) is 7.71. The zero-order chi connectivity index (χ0) is 15.7. The first-order valence-electron chi connectivity index (χ1n) is 7.42. The number of rotatable bonds is 10. The van der Waals surface area contributed by atoms with Gasteiger partial charge in [0.25, 0.3) is 0 Å². The molecule has 1 N–H and O–H groups in total. The number of benzene rings is 1. The van der Waals surface area contributed by atoms with Crippen LogP contribution in [0.25, 0.3) is 0 Å². The topological polar surface area (TPSA) is 58.6 Å². The van der Waals surface area contributed by atoms with Crippen molar-refractivity contribution in [3.05, 3.63) is 24.3 Å². The summed E-state index contributed by atoms with van der Waals surface area (Å²) in [6.45, 7) is 6.87. The van der Waals surface area contributed by atoms with Crippen molar-refractivity contribution in [1.82, 2.24) is 9.62 Å². The maximum Gasteiger partial charge on any atom is 0.242 e. The number of hydrogen-bond acceptors (Lipinski definition) is 4. The Bertz CT molecular complexity index is 500. The first kappa shape index (κ1) is 17.9. The summed E-state index contributed by atoms with van der Waals surface area (Å²) in [4.78, 5) is 0.306. The lowest BCUT2D eigenvalue weighted by Crippen LogP contribution is -2.27. The Labute approximate surface area is 128 Å². The lowest BCUT2D eigenvalue weighted by atomic mass is 10.3. The fourth-order valence-corrected chi connectivity index (χ4v) is 3.02. The van der Waals surface area contributed by atoms with Crippen LogP contribution in [0.15, 0.2) is 29.2 Å². The number of nitrogens with one attached hydrogen (secondary N) is 1. The van der Waals surface area contributed by atoms with Gasteiger partial charge in [-0.2, -0.15) is 0 Å². The molecule has 21 heavy (non-hydrogen) atoms. The second kappa shape index (κ2) is 9.02. The Balaban J connectivity index is 2.63. The van der Waals surface area contributed by atoms with Gasteiger partial charge in [0.05, 0.1) is 4.90 Å². The van der Waals surface area contributed by atoms with E-state index in [0.29, 0.717) is 23.8 Å². The van der Waals surface area contributed by atoms with E-state index in [9.17, 15) is 8.42 Å². The number of ether oxygens (including phenoxy) is 1. The van der Waals surface area contributed by atoms with Gasteiger partial charge in [-0.15, -0.1) is 0 Å². The molecule has 0 aliphatic rings. The van der Waals surface area contributed by atoms with Crippen molar-refractivity contribution in [2.75, 3.05) is 33.3 Å². The highest BCUT2D eigenvalue weighted by Gasteiger charge is 2.19. The maximum absolute atomic E-state index is 12.3. The van der Waals surface area contributed by atoms with E-state index in [2.05, 4.69) is 5.32 Å². The monoisotopic (exact) mass is 314 g/mol. The molecule has 0 saturated heterocycles. The molecular weight excluding hydrogens is 288 g/mol. The maximum atomic E-state index is 12.3. The van der Waals surface area contributed by atoms with E-state index < -0.39 is 10.0 Å². The predicted octanol–water partition coefficient (Wildman–Crippen LogP) is 2.10. The molecule has 0 bridgehead atoms. The van der Waals surface area contributed by atoms with Crippen LogP contribution in [0.4, 0.5) is 0 Å². The fraction of sp³-hybridized carbons (Fsp3) is 0.600. The van der Waals surface area contributed by atoms with Crippen molar-refractivity contribution in [1.29, 1.82) is 0 Å². The molecule has 0 spiro atoms. The molecule has 0 radical (unpaired) electrons. The van der Waals surface area contributed by atoms with Crippen molar-refractivity contribution in [3.8, 4) is 5.75 Å². The summed E-state index contributed by atoms with van der Waals surface area (Å²) >= 11 is 0. The van der Waals surface area contributed by atoms with Gasteiger partial charge in [-0.05, 0) is 37.2 Å². The standard InChI is InChI=1S/C15H26N2O3S/c1-4-6-12-17(3)21(18,19)15-9-7-14(8-10-15)20-13-11-16-5-2/h7-10,16H,4-6,11-13H2,1-3H3. The number of likely N-dealkylation sites (N-methyl/N-ethyl adjacent to an activating group) is 1. The van der Waals surface area contributed by atoms with Crippen LogP contribution in [-0.2, 0) is 10.0 Å². The van der Waals surface area contributed by atoms with Gasteiger partial charge >= 0.3 is 0 Å². The Morgan fingerprint density at radius 1 is 1.19 bits per heavy atom. The van der Waals surface area contributed by atoms with E-state index in [4.69, 9.17) is 4.74 Å². The fourth-order valence-electron chi connectivity index (χ4n) is 1.81. The molecule has 0 heterocycles. The normalized spacial score (nSPS) is 11.8. The number of sulfonamides is 1. The van der Waals surface area contributed by atoms with Crippen molar-refractivity contribution in [3.63, 3.8) is 0 Å². The van der Waals surface area contributed by atoms with E-state index in [1.165, 1.54) is 4.31 Å². The Morgan fingerprint density at radius 3 is 2.43 bits per heavy atom. The minimum absolute atomic E-state index is 0.306. The molecule has 1 aromatic carbocycles. The van der Waals surface area contributed by atoms with Crippen molar-refractivity contribution >= 4 is 10.0 Å². The summed E-state index contributed by atoms with van der Waals surface area (Å²) in [6, 6.07) is 6.60. The van der Waals surface area contributed by atoms with Crippen molar-refractivity contribution in [2.24, 2.45) is 0 Å². The quantitative estimate of drug-likeness (QED) is 0.672. The highest BCUT2D eigenvalue weighted by molar-refractivity contribution is 7.89. The highest BCUT2D eigenvalue weighted by Crippen LogP contribution is 2.19. The third-order valence-corrected chi connectivity index (χ3v) is 5.03. The van der Waals surface area contributed by atoms with Crippen LogP contribution in [0.3, 0.4) is 0 Å². The lowest BCUT2D eigenvalue weighted by Gasteiger charge is -2.17. The van der Waals surface area contributed by atoms with Gasteiger partial charge in [0, 0.05) is 20.1 Å². The third kappa shape index (κ3) is 5.65. The zero-order valence-corrected chi connectivity index (χ0v) is 13.9. The van der Waals surface area contributed by atoms with Crippen LogP contribution < -0.4 is 10.1 Å². The van der Waals surface area contributed by atoms with E-state index in [1.54, 1.807) is 31.3 Å². The SMILES string of the molecule is CCCCN(C)S(=O)(=O)c1ccc(OCCNCC)cc1. The van der Waals surface area contributed by atoms with Crippen LogP contribution in [0.1, 0.15) is 26.7 Å². The third-order valence-electron chi connectivity index (χ3n) is 3.16. The second-order valence-corrected chi connectivity index (χ2v) is 6.90. The van der Waals surface area contributed by atoms with E-state index in [-0.39, 0.29) is 0 Å². The van der Waals surface area contributed by atoms with E-state index in [1.807, 2.05) is 13.8 Å². The first-order valence-corrected chi connectivity index (χ1v) is 8.86. The van der Waals surface area contributed by atoms with Crippen LogP contribution in [-0.4, -0.2) is 46.0 Å². The lowest BCUT2D eigenvalue weighted by molar-refractivity contribution is 0.315. The van der Waals surface area contributed by atoms with Crippen LogP contribution >= 0.6 is 0 Å². The van der Waals surface area contributed by atoms with Crippen molar-refractivity contribution < 1.29 is 13.2 Å². The number of nitrogens with zero attached hydrogens (tertiary/aromatic N) is 1. The molecular formula is C15H26N2O3S. The van der Waals surface area contributed by atoms with Gasteiger partial charge in [0.2, 0.25) is 10.0 Å². The summed E-state index contributed by atoms with van der Waals surface area (Å²) in [6.07, 6.45) is 1.83. The van der Waals surface area contributed by atoms with Gasteiger partial charge in [-0.25, -0.2) is 12.7 Å². The van der Waals surface area contributed by atoms with Crippen LogP contribution in [0.2, 0.25) is 0 Å². The molecule has 0 amide bonds. The van der Waals surface area contributed by atoms with Gasteiger partial charge in [-0.3, -0.25) is 0 Å². The summed E-state index contributed by atoms with van der Waals surface area (Å²) in [5.41, 5.74) is 0. The molecule has 6 heteroatoms. The van der Waals surface area contributed by atoms with Gasteiger partial charge in [-0.1, -0.05) is 20.3 Å². The molecule has 0 aromatic heterocycles. The van der Waals surface area contributed by atoms with Crippen LogP contribution in [0, 0.1) is 0 Å². The minimum atomic E-state index is -3.39. The molecule has 5 nitrogen and oxygen atoms in total. The van der Waals surface area contributed by atoms with E-state index in [0.717, 1.165) is 25.9 Å². The van der Waals surface area contributed by atoms with Gasteiger partial charge in [0.1, 0.15) is 12.4 Å². The first-order chi connectivity index (χ1) is 10.0. The molecule has 1 rings (SSSR count). The Hall–Kier alpha value is -1.11. The molecule has 0 fully saturated rings. The smallest absolute Gasteiger partial charge is 0.242 e. The molecule has 0 aliphatic carbocycles. The second-order valence-electron chi connectivity index (χ2n) is 4.85. The summed E-state index contributed by atoms with van der Waals surface area (Å²) in [5, 5.41) is 3.16. The van der Waals surface area contributed by atoms with Crippen molar-refractivity contribution in [2.45, 2.75) is 31.6 Å². The largest absolute Gasteiger partial charge is 0.492 e. The average Bonchev–Trinajstić information content (AvgIpc) is 2.49. The predicted molar refractivity (Wildman–Crippen MR) is 85.2 cm³/mol. The minimum Gasteiger partial charge on any atom is -0.492 e. The molecule has 0 unspecified atom stereocenters. The number of hydrogen-bond donors (Lipinski definition) is 1. The zero-order valence-electron chi connectivity index (χ0n) is 13.1. The molecule has 1 aromatic rings. The molecule has 0 aliphatic heterocycles. The molecule has 0 atom stereocenters. The molecule has 120 valence electrons. The number of unbranched alkanes of at least 4 members (excludes halogenated alkanes) is 1. The summed E-state index contributed by atoms with van der Waals surface area (Å²) < 4.78 is 31.6.